The van der Waals surface area contributed by atoms with Gasteiger partial charge in [-0.15, -0.1) is 0 Å². The van der Waals surface area contributed by atoms with Crippen molar-refractivity contribution >= 4 is 11.6 Å². The van der Waals surface area contributed by atoms with Crippen molar-refractivity contribution < 1.29 is 9.90 Å². The molecule has 5 heteroatoms. The zero-order valence-corrected chi connectivity index (χ0v) is 13.6. The standard InChI is InChI=1S/C16H29N3O2/c1-10(2)7-12(9-20)19-16(21)15(17)13-6-5-11(3)8-14(13)18-4/h10-12,20H,5-9,17H2,1-4H3,(H,19,21). The molecule has 0 spiro atoms. The molecule has 0 saturated heterocycles. The highest BCUT2D eigenvalue weighted by Gasteiger charge is 2.24. The molecule has 5 nitrogen and oxygen atoms in total. The van der Waals surface area contributed by atoms with Gasteiger partial charge in [-0.2, -0.15) is 0 Å². The lowest BCUT2D eigenvalue weighted by atomic mass is 9.84. The Bertz CT molecular complexity index is 427. The van der Waals surface area contributed by atoms with Crippen LogP contribution >= 0.6 is 0 Å². The number of aliphatic hydroxyl groups is 1. The van der Waals surface area contributed by atoms with E-state index < -0.39 is 0 Å². The summed E-state index contributed by atoms with van der Waals surface area (Å²) in [5, 5.41) is 12.2. The summed E-state index contributed by atoms with van der Waals surface area (Å²) in [5.74, 6) is 0.689. The Hall–Kier alpha value is -1.36. The van der Waals surface area contributed by atoms with E-state index in [4.69, 9.17) is 5.73 Å². The second-order valence-corrected chi connectivity index (χ2v) is 6.39. The molecular formula is C16H29N3O2. The number of hydrogen-bond donors (Lipinski definition) is 3. The minimum absolute atomic E-state index is 0.0711. The van der Waals surface area contributed by atoms with Crippen molar-refractivity contribution in [2.45, 2.75) is 52.5 Å². The highest BCUT2D eigenvalue weighted by molar-refractivity contribution is 6.08. The first-order valence-corrected chi connectivity index (χ1v) is 7.75. The largest absolute Gasteiger partial charge is 0.394 e. The molecule has 120 valence electrons. The molecule has 1 aliphatic rings. The van der Waals surface area contributed by atoms with Crippen molar-refractivity contribution in [3.8, 4) is 0 Å². The van der Waals surface area contributed by atoms with Gasteiger partial charge in [0.15, 0.2) is 0 Å². The van der Waals surface area contributed by atoms with Gasteiger partial charge in [0, 0.05) is 18.3 Å². The fraction of sp³-hybridized carbons (Fsp3) is 0.750. The summed E-state index contributed by atoms with van der Waals surface area (Å²) in [6.07, 6.45) is 3.42. The molecule has 21 heavy (non-hydrogen) atoms. The average Bonchev–Trinajstić information content (AvgIpc) is 2.44. The van der Waals surface area contributed by atoms with Crippen molar-refractivity contribution in [3.05, 3.63) is 11.3 Å². The molecule has 0 bridgehead atoms. The summed E-state index contributed by atoms with van der Waals surface area (Å²) in [6, 6.07) is -0.249. The summed E-state index contributed by atoms with van der Waals surface area (Å²) < 4.78 is 0. The molecule has 0 aromatic heterocycles. The Balaban J connectivity index is 2.82. The molecule has 1 saturated carbocycles. The maximum Gasteiger partial charge on any atom is 0.267 e. The molecule has 0 aromatic carbocycles. The van der Waals surface area contributed by atoms with E-state index in [-0.39, 0.29) is 24.3 Å². The highest BCUT2D eigenvalue weighted by atomic mass is 16.3. The number of nitrogens with two attached hydrogens (primary N) is 1. The van der Waals surface area contributed by atoms with Crippen LogP contribution in [0, 0.1) is 11.8 Å². The van der Waals surface area contributed by atoms with Crippen LogP contribution in [-0.4, -0.2) is 36.4 Å². The van der Waals surface area contributed by atoms with Gasteiger partial charge in [-0.3, -0.25) is 9.79 Å². The number of hydrogen-bond acceptors (Lipinski definition) is 4. The number of amides is 1. The SMILES string of the molecule is CN=C1CC(C)CCC1=C(N)C(=O)NC(CO)CC(C)C. The highest BCUT2D eigenvalue weighted by Crippen LogP contribution is 2.27. The van der Waals surface area contributed by atoms with Gasteiger partial charge in [0.1, 0.15) is 5.70 Å². The lowest BCUT2D eigenvalue weighted by molar-refractivity contribution is -0.118. The van der Waals surface area contributed by atoms with Crippen LogP contribution in [0.3, 0.4) is 0 Å². The molecule has 4 N–H and O–H groups in total. The van der Waals surface area contributed by atoms with Crippen molar-refractivity contribution in [3.63, 3.8) is 0 Å². The molecule has 1 amide bonds. The van der Waals surface area contributed by atoms with Gasteiger partial charge in [0.2, 0.25) is 0 Å². The number of nitrogens with one attached hydrogen (secondary N) is 1. The molecule has 1 aliphatic carbocycles. The third-order valence-electron chi connectivity index (χ3n) is 3.93. The van der Waals surface area contributed by atoms with E-state index in [0.717, 1.165) is 37.0 Å². The van der Waals surface area contributed by atoms with Gasteiger partial charge in [0.05, 0.1) is 12.6 Å². The second-order valence-electron chi connectivity index (χ2n) is 6.39. The van der Waals surface area contributed by atoms with Crippen LogP contribution < -0.4 is 11.1 Å². The van der Waals surface area contributed by atoms with E-state index in [0.29, 0.717) is 11.8 Å². The summed E-state index contributed by atoms with van der Waals surface area (Å²) in [6.45, 7) is 6.23. The monoisotopic (exact) mass is 295 g/mol. The smallest absolute Gasteiger partial charge is 0.267 e. The Morgan fingerprint density at radius 1 is 1.52 bits per heavy atom. The Morgan fingerprint density at radius 2 is 2.19 bits per heavy atom. The van der Waals surface area contributed by atoms with E-state index in [1.165, 1.54) is 0 Å². The number of aliphatic imine (C=N–C) groups is 1. The number of carbonyl (C=O) groups is 1. The second kappa shape index (κ2) is 8.17. The Labute approximate surface area is 127 Å². The van der Waals surface area contributed by atoms with Gasteiger partial charge in [-0.25, -0.2) is 0 Å². The van der Waals surface area contributed by atoms with E-state index in [1.54, 1.807) is 7.05 Å². The van der Waals surface area contributed by atoms with Crippen molar-refractivity contribution in [1.82, 2.24) is 5.32 Å². The normalized spacial score (nSPS) is 25.0. The quantitative estimate of drug-likeness (QED) is 0.673. The predicted molar refractivity (Wildman–Crippen MR) is 86.1 cm³/mol. The third-order valence-corrected chi connectivity index (χ3v) is 3.93. The minimum atomic E-state index is -0.291. The van der Waals surface area contributed by atoms with Gasteiger partial charge >= 0.3 is 0 Å². The van der Waals surface area contributed by atoms with Crippen molar-refractivity contribution in [2.24, 2.45) is 22.6 Å². The van der Waals surface area contributed by atoms with Crippen LogP contribution in [0.4, 0.5) is 0 Å². The molecule has 1 fully saturated rings. The number of aliphatic hydroxyl groups excluding tert-OH is 1. The molecule has 2 atom stereocenters. The first-order valence-electron chi connectivity index (χ1n) is 7.75. The number of carbonyl (C=O) groups excluding carboxylic acids is 1. The van der Waals surface area contributed by atoms with Crippen LogP contribution in [0.1, 0.15) is 46.5 Å². The maximum absolute atomic E-state index is 12.3. The Morgan fingerprint density at radius 3 is 2.71 bits per heavy atom. The molecule has 0 aliphatic heterocycles. The van der Waals surface area contributed by atoms with Crippen LogP contribution in [-0.2, 0) is 4.79 Å². The summed E-state index contributed by atoms with van der Waals surface area (Å²) in [5.41, 5.74) is 8.10. The average molecular weight is 295 g/mol. The lowest BCUT2D eigenvalue weighted by Crippen LogP contribution is -2.41. The lowest BCUT2D eigenvalue weighted by Gasteiger charge is -2.25. The minimum Gasteiger partial charge on any atom is -0.394 e. The first-order chi connectivity index (χ1) is 9.88. The molecule has 1 rings (SSSR count). The fourth-order valence-corrected chi connectivity index (χ4v) is 2.76. The van der Waals surface area contributed by atoms with E-state index in [9.17, 15) is 9.90 Å². The van der Waals surface area contributed by atoms with Gasteiger partial charge in [0.25, 0.3) is 5.91 Å². The molecule has 0 aromatic rings. The van der Waals surface area contributed by atoms with E-state index in [2.05, 4.69) is 31.1 Å². The Kier molecular flexibility index (Phi) is 6.89. The van der Waals surface area contributed by atoms with Gasteiger partial charge in [-0.05, 0) is 37.5 Å². The first kappa shape index (κ1) is 17.7. The third kappa shape index (κ3) is 5.16. The summed E-state index contributed by atoms with van der Waals surface area (Å²) in [4.78, 5) is 16.6. The number of rotatable bonds is 5. The molecular weight excluding hydrogens is 266 g/mol. The maximum atomic E-state index is 12.3. The number of allylic oxidation sites excluding steroid dienone is 1. The molecule has 0 heterocycles. The summed E-state index contributed by atoms with van der Waals surface area (Å²) in [7, 11) is 1.74. The number of nitrogens with zero attached hydrogens (tertiary/aromatic N) is 1. The van der Waals surface area contributed by atoms with Crippen LogP contribution in [0.5, 0.6) is 0 Å². The van der Waals surface area contributed by atoms with Crippen LogP contribution in [0.25, 0.3) is 0 Å². The molecule has 2 unspecified atom stereocenters. The van der Waals surface area contributed by atoms with Gasteiger partial charge < -0.3 is 16.2 Å². The van der Waals surface area contributed by atoms with Gasteiger partial charge in [-0.1, -0.05) is 20.8 Å². The van der Waals surface area contributed by atoms with Crippen molar-refractivity contribution in [2.75, 3.05) is 13.7 Å². The summed E-state index contributed by atoms with van der Waals surface area (Å²) >= 11 is 0. The topological polar surface area (TPSA) is 87.7 Å². The zero-order chi connectivity index (χ0) is 16.0. The van der Waals surface area contributed by atoms with Crippen molar-refractivity contribution in [1.29, 1.82) is 0 Å². The van der Waals surface area contributed by atoms with E-state index in [1.807, 2.05) is 0 Å². The molecule has 0 radical (unpaired) electrons. The fourth-order valence-electron chi connectivity index (χ4n) is 2.76. The van der Waals surface area contributed by atoms with Crippen LogP contribution in [0.2, 0.25) is 0 Å². The van der Waals surface area contributed by atoms with E-state index >= 15 is 0 Å². The zero-order valence-electron chi connectivity index (χ0n) is 13.6. The predicted octanol–water partition coefficient (Wildman–Crippen LogP) is 1.61. The van der Waals surface area contributed by atoms with Crippen LogP contribution in [0.15, 0.2) is 16.3 Å².